The third-order valence-electron chi connectivity index (χ3n) is 3.24. The molecular formula is C14H22O4. The highest BCUT2D eigenvalue weighted by Crippen LogP contribution is 2.30. The van der Waals surface area contributed by atoms with E-state index in [4.69, 9.17) is 9.47 Å². The SMILES string of the molecule is CCOC(=O)/C=C/O[C@@H]1CCCC[C@H]1CCC=O. The number of carbonyl (C=O) groups excluding carboxylic acids is 2. The Morgan fingerprint density at radius 3 is 2.83 bits per heavy atom. The maximum Gasteiger partial charge on any atom is 0.333 e. The van der Waals surface area contributed by atoms with Crippen molar-refractivity contribution in [3.63, 3.8) is 0 Å². The molecule has 0 aromatic carbocycles. The minimum Gasteiger partial charge on any atom is -0.497 e. The molecule has 4 heteroatoms. The van der Waals surface area contributed by atoms with Crippen molar-refractivity contribution in [2.24, 2.45) is 5.92 Å². The van der Waals surface area contributed by atoms with Crippen LogP contribution < -0.4 is 0 Å². The Morgan fingerprint density at radius 1 is 1.33 bits per heavy atom. The molecule has 4 nitrogen and oxygen atoms in total. The number of carbonyl (C=O) groups is 2. The van der Waals surface area contributed by atoms with Crippen LogP contribution in [0.4, 0.5) is 0 Å². The molecule has 2 atom stereocenters. The van der Waals surface area contributed by atoms with Crippen LogP contribution in [0.15, 0.2) is 12.3 Å². The summed E-state index contributed by atoms with van der Waals surface area (Å²) in [5, 5.41) is 0. The monoisotopic (exact) mass is 254 g/mol. The van der Waals surface area contributed by atoms with Crippen molar-refractivity contribution in [3.05, 3.63) is 12.3 Å². The molecule has 0 unspecified atom stereocenters. The Balaban J connectivity index is 2.36. The van der Waals surface area contributed by atoms with Crippen LogP contribution in [-0.4, -0.2) is 25.0 Å². The standard InChI is InChI=1S/C14H22O4/c1-2-17-14(16)9-11-18-13-8-4-3-6-12(13)7-5-10-15/h9-13H,2-8H2,1H3/b11-9+/t12-,13+/m0/s1. The van der Waals surface area contributed by atoms with Crippen molar-refractivity contribution in [1.29, 1.82) is 0 Å². The third kappa shape index (κ3) is 5.34. The Hall–Kier alpha value is -1.32. The lowest BCUT2D eigenvalue weighted by Crippen LogP contribution is -2.26. The summed E-state index contributed by atoms with van der Waals surface area (Å²) in [4.78, 5) is 21.5. The van der Waals surface area contributed by atoms with Gasteiger partial charge in [-0.2, -0.15) is 0 Å². The summed E-state index contributed by atoms with van der Waals surface area (Å²) in [6, 6.07) is 0. The first-order valence-electron chi connectivity index (χ1n) is 6.70. The topological polar surface area (TPSA) is 52.6 Å². The number of rotatable bonds is 7. The van der Waals surface area contributed by atoms with Crippen molar-refractivity contribution >= 4 is 12.3 Å². The van der Waals surface area contributed by atoms with Crippen molar-refractivity contribution < 1.29 is 19.1 Å². The van der Waals surface area contributed by atoms with E-state index in [-0.39, 0.29) is 12.1 Å². The first-order valence-corrected chi connectivity index (χ1v) is 6.70. The van der Waals surface area contributed by atoms with Gasteiger partial charge in [0.2, 0.25) is 0 Å². The van der Waals surface area contributed by atoms with Gasteiger partial charge < -0.3 is 14.3 Å². The summed E-state index contributed by atoms with van der Waals surface area (Å²) >= 11 is 0. The molecule has 1 aliphatic rings. The highest BCUT2D eigenvalue weighted by Gasteiger charge is 2.25. The number of esters is 1. The Bertz CT molecular complexity index is 286. The summed E-state index contributed by atoms with van der Waals surface area (Å²) in [5.41, 5.74) is 0. The molecule has 0 saturated heterocycles. The fraction of sp³-hybridized carbons (Fsp3) is 0.714. The molecule has 0 heterocycles. The minimum absolute atomic E-state index is 0.129. The van der Waals surface area contributed by atoms with Gasteiger partial charge in [-0.15, -0.1) is 0 Å². The molecule has 1 fully saturated rings. The molecule has 0 amide bonds. The zero-order valence-corrected chi connectivity index (χ0v) is 11.0. The molecule has 0 spiro atoms. The molecule has 0 aliphatic heterocycles. The van der Waals surface area contributed by atoms with E-state index in [2.05, 4.69) is 0 Å². The van der Waals surface area contributed by atoms with Gasteiger partial charge in [0.05, 0.1) is 18.9 Å². The number of hydrogen-bond donors (Lipinski definition) is 0. The van der Waals surface area contributed by atoms with Gasteiger partial charge in [0, 0.05) is 6.42 Å². The van der Waals surface area contributed by atoms with Crippen molar-refractivity contribution in [2.75, 3.05) is 6.61 Å². The molecule has 1 rings (SSSR count). The average Bonchev–Trinajstić information content (AvgIpc) is 2.38. The lowest BCUT2D eigenvalue weighted by Gasteiger charge is -2.30. The highest BCUT2D eigenvalue weighted by atomic mass is 16.5. The van der Waals surface area contributed by atoms with Gasteiger partial charge in [0.25, 0.3) is 0 Å². The summed E-state index contributed by atoms with van der Waals surface area (Å²) in [7, 11) is 0. The lowest BCUT2D eigenvalue weighted by molar-refractivity contribution is -0.137. The average molecular weight is 254 g/mol. The zero-order valence-electron chi connectivity index (χ0n) is 11.0. The van der Waals surface area contributed by atoms with Crippen molar-refractivity contribution in [2.45, 2.75) is 51.6 Å². The first-order chi connectivity index (χ1) is 8.77. The fourth-order valence-corrected chi connectivity index (χ4v) is 2.35. The van der Waals surface area contributed by atoms with E-state index in [1.807, 2.05) is 0 Å². The van der Waals surface area contributed by atoms with Crippen molar-refractivity contribution in [3.8, 4) is 0 Å². The van der Waals surface area contributed by atoms with E-state index in [1.165, 1.54) is 18.8 Å². The molecular weight excluding hydrogens is 232 g/mol. The van der Waals surface area contributed by atoms with E-state index in [9.17, 15) is 9.59 Å². The zero-order chi connectivity index (χ0) is 13.2. The molecule has 0 aromatic heterocycles. The largest absolute Gasteiger partial charge is 0.497 e. The normalized spacial score (nSPS) is 23.8. The molecule has 0 radical (unpaired) electrons. The van der Waals surface area contributed by atoms with E-state index in [1.54, 1.807) is 6.92 Å². The van der Waals surface area contributed by atoms with E-state index in [0.717, 1.165) is 32.0 Å². The van der Waals surface area contributed by atoms with Crippen LogP contribution in [0, 0.1) is 5.92 Å². The molecule has 102 valence electrons. The lowest BCUT2D eigenvalue weighted by atomic mass is 9.83. The van der Waals surface area contributed by atoms with Crippen LogP contribution >= 0.6 is 0 Å². The van der Waals surface area contributed by atoms with E-state index < -0.39 is 0 Å². The van der Waals surface area contributed by atoms with Gasteiger partial charge in [0.15, 0.2) is 0 Å². The van der Waals surface area contributed by atoms with E-state index in [0.29, 0.717) is 18.9 Å². The van der Waals surface area contributed by atoms with Crippen LogP contribution in [0.2, 0.25) is 0 Å². The Morgan fingerprint density at radius 2 is 2.11 bits per heavy atom. The van der Waals surface area contributed by atoms with Gasteiger partial charge in [0.1, 0.15) is 12.4 Å². The highest BCUT2D eigenvalue weighted by molar-refractivity contribution is 5.81. The predicted octanol–water partition coefficient (Wildman–Crippen LogP) is 2.62. The van der Waals surface area contributed by atoms with Gasteiger partial charge in [-0.05, 0) is 38.5 Å². The first kappa shape index (κ1) is 14.7. The molecule has 1 aliphatic carbocycles. The quantitative estimate of drug-likeness (QED) is 0.303. The molecule has 1 saturated carbocycles. The molecule has 0 N–H and O–H groups in total. The summed E-state index contributed by atoms with van der Waals surface area (Å²) in [5.74, 6) is 0.0496. The maximum absolute atomic E-state index is 11.1. The van der Waals surface area contributed by atoms with Crippen molar-refractivity contribution in [1.82, 2.24) is 0 Å². The predicted molar refractivity (Wildman–Crippen MR) is 67.9 cm³/mol. The summed E-state index contributed by atoms with van der Waals surface area (Å²) < 4.78 is 10.4. The second kappa shape index (κ2) is 8.72. The minimum atomic E-state index is -0.377. The van der Waals surface area contributed by atoms with Crippen LogP contribution in [0.25, 0.3) is 0 Å². The smallest absolute Gasteiger partial charge is 0.333 e. The van der Waals surface area contributed by atoms with Gasteiger partial charge in [-0.1, -0.05) is 6.42 Å². The molecule has 18 heavy (non-hydrogen) atoms. The molecule has 0 bridgehead atoms. The Kier molecular flexibility index (Phi) is 7.14. The molecule has 0 aromatic rings. The maximum atomic E-state index is 11.1. The number of hydrogen-bond acceptors (Lipinski definition) is 4. The van der Waals surface area contributed by atoms with Gasteiger partial charge in [-0.3, -0.25) is 0 Å². The third-order valence-corrected chi connectivity index (χ3v) is 3.24. The van der Waals surface area contributed by atoms with Crippen LogP contribution in [0.3, 0.4) is 0 Å². The van der Waals surface area contributed by atoms with Gasteiger partial charge >= 0.3 is 5.97 Å². The number of ether oxygens (including phenoxy) is 2. The van der Waals surface area contributed by atoms with Crippen LogP contribution in [0.5, 0.6) is 0 Å². The van der Waals surface area contributed by atoms with Crippen LogP contribution in [0.1, 0.15) is 45.4 Å². The van der Waals surface area contributed by atoms with E-state index >= 15 is 0 Å². The summed E-state index contributed by atoms with van der Waals surface area (Å²) in [6.07, 6.45) is 9.75. The second-order valence-electron chi connectivity index (χ2n) is 4.52. The van der Waals surface area contributed by atoms with Gasteiger partial charge in [-0.25, -0.2) is 4.79 Å². The Labute approximate surface area is 108 Å². The number of aldehydes is 1. The second-order valence-corrected chi connectivity index (χ2v) is 4.52. The summed E-state index contributed by atoms with van der Waals surface area (Å²) in [6.45, 7) is 2.14. The van der Waals surface area contributed by atoms with Crippen LogP contribution in [-0.2, 0) is 19.1 Å². The fourth-order valence-electron chi connectivity index (χ4n) is 2.35.